The van der Waals surface area contributed by atoms with Crippen molar-refractivity contribution < 1.29 is 68.0 Å². The monoisotopic (exact) mass is 1270 g/mol. The van der Waals surface area contributed by atoms with Gasteiger partial charge in [-0.15, -0.1) is 11.3 Å². The molecule has 9 amide bonds. The number of nitrogens with two attached hydrogens (primary N) is 7. The number of carboxylic acids is 1. The van der Waals surface area contributed by atoms with Gasteiger partial charge in [-0.1, -0.05) is 30.3 Å². The molecule has 4 aliphatic rings. The van der Waals surface area contributed by atoms with Gasteiger partial charge < -0.3 is 106 Å². The lowest BCUT2D eigenvalue weighted by molar-refractivity contribution is -0.151. The molecule has 0 radical (unpaired) electrons. The Balaban J connectivity index is 1.11. The summed E-state index contributed by atoms with van der Waals surface area (Å²) in [6.45, 7) is -1.72. The normalized spacial score (nSPS) is 21.2. The number of fused-ring (bicyclic) bond motifs is 1. The second-order valence-electron chi connectivity index (χ2n) is 22.0. The lowest BCUT2D eigenvalue weighted by Gasteiger charge is -2.39. The minimum Gasteiger partial charge on any atom is -0.480 e. The predicted octanol–water partition coefficient (Wildman–Crippen LogP) is -6.44. The Kier molecular flexibility index (Phi) is 25.7. The first-order chi connectivity index (χ1) is 42.4. The van der Waals surface area contributed by atoms with Gasteiger partial charge in [0, 0.05) is 77.1 Å². The number of β-amino-alcohol motifs (C(OH)–C–C–N with tert-alkyl or cyclic N) is 1. The number of carbonyl (C=O) groups is 10. The van der Waals surface area contributed by atoms with Crippen LogP contribution in [0.1, 0.15) is 86.3 Å². The third-order valence-corrected chi connectivity index (χ3v) is 16.7. The number of ether oxygens (including phenoxy) is 1. The number of carbonyl (C=O) groups excluding carboxylic acids is 9. The second kappa shape index (κ2) is 33.0. The molecule has 6 rings (SSSR count). The lowest BCUT2D eigenvalue weighted by Crippen LogP contribution is -2.60. The van der Waals surface area contributed by atoms with Gasteiger partial charge in [0.05, 0.1) is 31.4 Å². The highest BCUT2D eigenvalue weighted by Crippen LogP contribution is 2.31. The number of aliphatic hydroxyl groups is 2. The first kappa shape index (κ1) is 69.4. The Bertz CT molecular complexity index is 2940. The van der Waals surface area contributed by atoms with E-state index in [-0.39, 0.29) is 126 Å². The summed E-state index contributed by atoms with van der Waals surface area (Å²) >= 11 is 1.06. The van der Waals surface area contributed by atoms with E-state index in [0.29, 0.717) is 18.4 Å². The number of thiophene rings is 1. The summed E-state index contributed by atoms with van der Waals surface area (Å²) in [4.78, 5) is 157. The highest BCUT2D eigenvalue weighted by atomic mass is 32.1. The van der Waals surface area contributed by atoms with E-state index in [1.807, 2.05) is 0 Å². The molecule has 89 heavy (non-hydrogen) atoms. The summed E-state index contributed by atoms with van der Waals surface area (Å²) in [6, 6.07) is -1.53. The lowest BCUT2D eigenvalue weighted by atomic mass is 9.92. The average molecular weight is 1270 g/mol. The zero-order valence-corrected chi connectivity index (χ0v) is 50.3. The number of aliphatic imine (C=N–C) groups is 3. The molecule has 0 aliphatic carbocycles. The Hall–Kier alpha value is -8.73. The fourth-order valence-electron chi connectivity index (χ4n) is 11.2. The summed E-state index contributed by atoms with van der Waals surface area (Å²) in [5.41, 5.74) is 40.1. The highest BCUT2D eigenvalue weighted by molar-refractivity contribution is 7.10. The standard InChI is InChI=1S/C55H83N19O14S/c1-88-32-23-40(51(85)72-25-30-10-3-2-9-29(30)21-38(72)46(80)68-35(52(86)87)13-6-18-65-55(61)62)74(27-32)49(83)36(28-75)69-47(81)43(41-15-8-20-89-41)70-42(77)24-66-45(79)39-22-31(76)26-73(39)50(84)37-14-7-19-71(37)48(82)34(12-5-17-64-54(59)60)67-44(78)33(56)11-4-16-63-53(57)58/h2-3,8-10,15,20,31-40,43,75-76H,4-7,11-14,16-19,21-28,56H2,1H3,(H,66,79)(H,67,78)(H,68,80)(H,69,81)(H,70,77)(H,86,87)(H4,57,58,63)(H4,59,60,64)(H4,61,62,65)/t31-,32-,33+,34-,35-,36-,37-,38-,39-,40-,43-/m0/s1. The number of carboxylic acid groups (broad SMARTS) is 1. The van der Waals surface area contributed by atoms with E-state index in [9.17, 15) is 63.3 Å². The number of aliphatic hydroxyl groups excluding tert-OH is 2. The Morgan fingerprint density at radius 2 is 1.27 bits per heavy atom. The van der Waals surface area contributed by atoms with E-state index >= 15 is 0 Å². The minimum absolute atomic E-state index is 0.00139. The maximum Gasteiger partial charge on any atom is 0.326 e. The van der Waals surface area contributed by atoms with Crippen molar-refractivity contribution in [3.05, 3.63) is 57.8 Å². The number of benzene rings is 1. The van der Waals surface area contributed by atoms with E-state index in [4.69, 9.17) is 44.9 Å². The number of methoxy groups -OCH3 is 1. The number of aliphatic carboxylic acids is 1. The molecule has 488 valence electrons. The van der Waals surface area contributed by atoms with Crippen molar-refractivity contribution >= 4 is 88.3 Å². The molecule has 0 unspecified atom stereocenters. The number of likely N-dealkylation sites (tertiary alicyclic amines) is 3. The number of guanidine groups is 3. The topological polar surface area (TPSA) is 533 Å². The van der Waals surface area contributed by atoms with E-state index in [1.54, 1.807) is 35.7 Å². The smallest absolute Gasteiger partial charge is 0.326 e. The number of nitrogens with one attached hydrogen (secondary N) is 5. The SMILES string of the molecule is CO[C@H]1C[C@@H](C(=O)N2Cc3ccccc3C[C@H]2C(=O)N[C@@H](CCCN=C(N)N)C(=O)O)N(C(=O)[C@H](CO)NC(=O)[C@@H](NC(=O)CNC(=O)[C@@H]2C[C@H](O)CN2C(=O)[C@@H]2CCCN2C(=O)[C@H](CCCN=C(N)N)NC(=O)[C@H](N)CCCN=C(N)N)c2cccs2)C1. The second-order valence-corrected chi connectivity index (χ2v) is 23.0. The van der Waals surface area contributed by atoms with Crippen molar-refractivity contribution in [3.8, 4) is 0 Å². The molecule has 3 fully saturated rings. The molecule has 33 nitrogen and oxygen atoms in total. The maximum absolute atomic E-state index is 14.9. The van der Waals surface area contributed by atoms with Gasteiger partial charge in [0.1, 0.15) is 48.3 Å². The Morgan fingerprint density at radius 3 is 1.88 bits per heavy atom. The first-order valence-corrected chi connectivity index (χ1v) is 30.1. The molecule has 0 bridgehead atoms. The summed E-state index contributed by atoms with van der Waals surface area (Å²) < 4.78 is 5.61. The fourth-order valence-corrected chi connectivity index (χ4v) is 12.0. The van der Waals surface area contributed by atoms with E-state index in [2.05, 4.69) is 41.6 Å². The van der Waals surface area contributed by atoms with Crippen LogP contribution in [0, 0.1) is 0 Å². The minimum atomic E-state index is -1.70. The number of nitrogens with zero attached hydrogens (tertiary/aromatic N) is 7. The Labute approximate surface area is 516 Å². The fraction of sp³-hybridized carbons (Fsp3) is 0.582. The zero-order chi connectivity index (χ0) is 65.1. The predicted molar refractivity (Wildman–Crippen MR) is 323 cm³/mol. The number of hydrogen-bond donors (Lipinski definition) is 15. The number of amides is 9. The van der Waals surface area contributed by atoms with Crippen LogP contribution < -0.4 is 66.7 Å². The van der Waals surface area contributed by atoms with Crippen LogP contribution in [0.25, 0.3) is 0 Å². The largest absolute Gasteiger partial charge is 0.480 e. The van der Waals surface area contributed by atoms with E-state index in [0.717, 1.165) is 26.7 Å². The molecule has 22 N–H and O–H groups in total. The van der Waals surface area contributed by atoms with Gasteiger partial charge in [0.25, 0.3) is 0 Å². The van der Waals surface area contributed by atoms with Crippen LogP contribution in [0.5, 0.6) is 0 Å². The molecule has 34 heteroatoms. The van der Waals surface area contributed by atoms with Crippen molar-refractivity contribution in [2.75, 3.05) is 59.5 Å². The third kappa shape index (κ3) is 19.1. The molecule has 3 saturated heterocycles. The molecule has 2 aromatic rings. The van der Waals surface area contributed by atoms with Crippen molar-refractivity contribution in [2.24, 2.45) is 55.1 Å². The highest BCUT2D eigenvalue weighted by Gasteiger charge is 2.49. The van der Waals surface area contributed by atoms with Gasteiger partial charge in [0.15, 0.2) is 17.9 Å². The third-order valence-electron chi connectivity index (χ3n) is 15.7. The van der Waals surface area contributed by atoms with Gasteiger partial charge in [-0.2, -0.15) is 0 Å². The Morgan fingerprint density at radius 1 is 0.663 bits per heavy atom. The summed E-state index contributed by atoms with van der Waals surface area (Å²) in [6.07, 6.45) is -0.567. The van der Waals surface area contributed by atoms with Gasteiger partial charge in [-0.05, 0) is 73.9 Å². The number of hydrogen-bond acceptors (Lipinski definition) is 18. The van der Waals surface area contributed by atoms with Crippen LogP contribution in [0.3, 0.4) is 0 Å². The van der Waals surface area contributed by atoms with Crippen LogP contribution in [0.4, 0.5) is 0 Å². The molecule has 5 heterocycles. The molecular weight excluding hydrogens is 1180 g/mol. The molecule has 0 saturated carbocycles. The van der Waals surface area contributed by atoms with Gasteiger partial charge in [-0.25, -0.2) is 4.79 Å². The maximum atomic E-state index is 14.9. The van der Waals surface area contributed by atoms with Gasteiger partial charge in [-0.3, -0.25) is 58.1 Å². The summed E-state index contributed by atoms with van der Waals surface area (Å²) in [5, 5.41) is 46.0. The zero-order valence-electron chi connectivity index (χ0n) is 49.4. The molecule has 4 aliphatic heterocycles. The van der Waals surface area contributed by atoms with Crippen LogP contribution in [0.2, 0.25) is 0 Å². The average Bonchev–Trinajstić information content (AvgIpc) is 1.83. The van der Waals surface area contributed by atoms with Crippen molar-refractivity contribution in [2.45, 2.75) is 144 Å². The van der Waals surface area contributed by atoms with Crippen LogP contribution in [-0.2, 0) is 65.6 Å². The molecule has 0 spiro atoms. The summed E-state index contributed by atoms with van der Waals surface area (Å²) in [5.74, 6) is -8.77. The van der Waals surface area contributed by atoms with Crippen LogP contribution in [0.15, 0.2) is 56.8 Å². The van der Waals surface area contributed by atoms with Crippen LogP contribution in [-0.4, -0.2) is 232 Å². The van der Waals surface area contributed by atoms with Crippen molar-refractivity contribution in [3.63, 3.8) is 0 Å². The van der Waals surface area contributed by atoms with Crippen molar-refractivity contribution in [1.29, 1.82) is 0 Å². The van der Waals surface area contributed by atoms with E-state index < -0.39 is 139 Å². The van der Waals surface area contributed by atoms with Gasteiger partial charge in [0.2, 0.25) is 53.2 Å². The summed E-state index contributed by atoms with van der Waals surface area (Å²) in [7, 11) is 1.37. The van der Waals surface area contributed by atoms with E-state index in [1.165, 1.54) is 23.0 Å². The molecular formula is C55H83N19O14S. The quantitative estimate of drug-likeness (QED) is 0.0196. The number of rotatable bonds is 30. The first-order valence-electron chi connectivity index (χ1n) is 29.2. The van der Waals surface area contributed by atoms with Crippen molar-refractivity contribution in [1.82, 2.24) is 46.2 Å². The molecule has 11 atom stereocenters. The molecule has 1 aromatic carbocycles. The molecule has 1 aromatic heterocycles. The van der Waals surface area contributed by atoms with Crippen LogP contribution >= 0.6 is 11.3 Å². The van der Waals surface area contributed by atoms with Gasteiger partial charge >= 0.3 is 5.97 Å².